The minimum atomic E-state index is -0.148. The Hall–Kier alpha value is -2.90. The lowest BCUT2D eigenvalue weighted by atomic mass is 10.1. The number of benzene rings is 1. The average Bonchev–Trinajstić information content (AvgIpc) is 3.42. The normalized spacial score (nSPS) is 19.9. The van der Waals surface area contributed by atoms with E-state index < -0.39 is 0 Å². The molecule has 0 spiro atoms. The zero-order valence-electron chi connectivity index (χ0n) is 15.3. The van der Waals surface area contributed by atoms with E-state index in [0.717, 1.165) is 38.8 Å². The van der Waals surface area contributed by atoms with Crippen LogP contribution in [0.2, 0.25) is 0 Å². The number of hydrogen-bond acceptors (Lipinski definition) is 4. The molecule has 3 heterocycles. The van der Waals surface area contributed by atoms with Crippen LogP contribution in [0.1, 0.15) is 42.1 Å². The van der Waals surface area contributed by atoms with Gasteiger partial charge in [0.15, 0.2) is 0 Å². The van der Waals surface area contributed by atoms with Gasteiger partial charge in [-0.05, 0) is 43.9 Å². The highest BCUT2D eigenvalue weighted by Gasteiger charge is 2.25. The molecule has 4 rings (SSSR count). The van der Waals surface area contributed by atoms with Gasteiger partial charge in [0.1, 0.15) is 12.7 Å². The third-order valence-corrected chi connectivity index (χ3v) is 5.25. The van der Waals surface area contributed by atoms with Gasteiger partial charge in [0.2, 0.25) is 0 Å². The third kappa shape index (κ3) is 3.94. The fourth-order valence-electron chi connectivity index (χ4n) is 3.80. The van der Waals surface area contributed by atoms with E-state index in [2.05, 4.69) is 15.4 Å². The highest BCUT2D eigenvalue weighted by molar-refractivity contribution is 5.97. The SMILES string of the molecule is O=C(Nc1cccc(C(=O)N2CCCC2)c1)N1CCCC(n2cncn2)C1. The predicted octanol–water partition coefficient (Wildman–Crippen LogP) is 2.38. The minimum Gasteiger partial charge on any atom is -0.339 e. The van der Waals surface area contributed by atoms with Crippen molar-refractivity contribution in [2.24, 2.45) is 0 Å². The highest BCUT2D eigenvalue weighted by atomic mass is 16.2. The Morgan fingerprint density at radius 3 is 2.67 bits per heavy atom. The summed E-state index contributed by atoms with van der Waals surface area (Å²) in [7, 11) is 0. The third-order valence-electron chi connectivity index (χ3n) is 5.25. The van der Waals surface area contributed by atoms with Crippen LogP contribution in [0.25, 0.3) is 0 Å². The maximum atomic E-state index is 12.7. The number of aromatic nitrogens is 3. The molecular formula is C19H24N6O2. The lowest BCUT2D eigenvalue weighted by Gasteiger charge is -2.32. The number of hydrogen-bond donors (Lipinski definition) is 1. The summed E-state index contributed by atoms with van der Waals surface area (Å²) < 4.78 is 1.81. The van der Waals surface area contributed by atoms with Crippen LogP contribution in [0, 0.1) is 0 Å². The quantitative estimate of drug-likeness (QED) is 0.902. The molecule has 1 N–H and O–H groups in total. The van der Waals surface area contributed by atoms with Gasteiger partial charge in [0.05, 0.1) is 6.04 Å². The molecule has 2 aliphatic rings. The Kier molecular flexibility index (Phi) is 5.04. The van der Waals surface area contributed by atoms with E-state index in [0.29, 0.717) is 24.3 Å². The molecule has 0 radical (unpaired) electrons. The largest absolute Gasteiger partial charge is 0.339 e. The minimum absolute atomic E-state index is 0.0350. The number of rotatable bonds is 3. The topological polar surface area (TPSA) is 83.4 Å². The second kappa shape index (κ2) is 7.77. The van der Waals surface area contributed by atoms with E-state index >= 15 is 0 Å². The lowest BCUT2D eigenvalue weighted by Crippen LogP contribution is -2.43. The van der Waals surface area contributed by atoms with Crippen LogP contribution in [-0.4, -0.2) is 62.7 Å². The lowest BCUT2D eigenvalue weighted by molar-refractivity contribution is 0.0793. The summed E-state index contributed by atoms with van der Waals surface area (Å²) in [6.07, 6.45) is 7.23. The van der Waals surface area contributed by atoms with Crippen LogP contribution >= 0.6 is 0 Å². The highest BCUT2D eigenvalue weighted by Crippen LogP contribution is 2.22. The van der Waals surface area contributed by atoms with Crippen LogP contribution < -0.4 is 5.32 Å². The molecule has 8 nitrogen and oxygen atoms in total. The molecule has 1 unspecified atom stereocenters. The number of amides is 3. The summed E-state index contributed by atoms with van der Waals surface area (Å²) in [5.41, 5.74) is 1.27. The first-order valence-corrected chi connectivity index (χ1v) is 9.50. The first-order chi connectivity index (χ1) is 13.2. The zero-order valence-corrected chi connectivity index (χ0v) is 15.3. The first kappa shape index (κ1) is 17.5. The molecule has 1 aromatic carbocycles. The zero-order chi connectivity index (χ0) is 18.6. The Morgan fingerprint density at radius 1 is 1.07 bits per heavy atom. The van der Waals surface area contributed by atoms with Crippen molar-refractivity contribution in [3.63, 3.8) is 0 Å². The average molecular weight is 368 g/mol. The number of carbonyl (C=O) groups excluding carboxylic acids is 2. The molecule has 142 valence electrons. The molecule has 0 saturated carbocycles. The molecule has 2 aliphatic heterocycles. The fourth-order valence-corrected chi connectivity index (χ4v) is 3.80. The second-order valence-corrected chi connectivity index (χ2v) is 7.13. The van der Waals surface area contributed by atoms with E-state index in [9.17, 15) is 9.59 Å². The summed E-state index contributed by atoms with van der Waals surface area (Å²) in [5.74, 6) is 0.0350. The summed E-state index contributed by atoms with van der Waals surface area (Å²) in [6.45, 7) is 2.94. The number of likely N-dealkylation sites (tertiary alicyclic amines) is 2. The molecule has 2 aromatic rings. The number of urea groups is 1. The van der Waals surface area contributed by atoms with E-state index in [-0.39, 0.29) is 18.0 Å². The predicted molar refractivity (Wildman–Crippen MR) is 100 cm³/mol. The van der Waals surface area contributed by atoms with Crippen molar-refractivity contribution in [1.29, 1.82) is 0 Å². The maximum Gasteiger partial charge on any atom is 0.321 e. The molecule has 1 atom stereocenters. The number of anilines is 1. The van der Waals surface area contributed by atoms with E-state index in [1.807, 2.05) is 21.7 Å². The van der Waals surface area contributed by atoms with E-state index in [1.165, 1.54) is 6.33 Å². The van der Waals surface area contributed by atoms with Crippen molar-refractivity contribution < 1.29 is 9.59 Å². The number of nitrogens with zero attached hydrogens (tertiary/aromatic N) is 5. The van der Waals surface area contributed by atoms with Crippen molar-refractivity contribution in [2.75, 3.05) is 31.5 Å². The molecular weight excluding hydrogens is 344 g/mol. The van der Waals surface area contributed by atoms with E-state index in [4.69, 9.17) is 0 Å². The molecule has 1 aromatic heterocycles. The molecule has 27 heavy (non-hydrogen) atoms. The Balaban J connectivity index is 1.40. The van der Waals surface area contributed by atoms with Crippen molar-refractivity contribution >= 4 is 17.6 Å². The standard InChI is InChI=1S/C19H24N6O2/c26-18(23-8-1-2-9-23)15-5-3-6-16(11-15)22-19(27)24-10-4-7-17(12-24)25-14-20-13-21-25/h3,5-6,11,13-14,17H,1-2,4,7-10,12H2,(H,22,27). The first-order valence-electron chi connectivity index (χ1n) is 9.50. The van der Waals surface area contributed by atoms with Crippen LogP contribution in [0.3, 0.4) is 0 Å². The Bertz CT molecular complexity index is 800. The van der Waals surface area contributed by atoms with E-state index in [1.54, 1.807) is 23.4 Å². The molecule has 0 bridgehead atoms. The molecule has 2 saturated heterocycles. The van der Waals surface area contributed by atoms with Crippen LogP contribution in [0.5, 0.6) is 0 Å². The Morgan fingerprint density at radius 2 is 1.89 bits per heavy atom. The van der Waals surface area contributed by atoms with Crippen molar-refractivity contribution in [3.8, 4) is 0 Å². The van der Waals surface area contributed by atoms with Crippen molar-refractivity contribution in [1.82, 2.24) is 24.6 Å². The number of carbonyl (C=O) groups is 2. The van der Waals surface area contributed by atoms with Gasteiger partial charge in [-0.3, -0.25) is 4.79 Å². The van der Waals surface area contributed by atoms with Gasteiger partial charge in [-0.25, -0.2) is 14.5 Å². The summed E-state index contributed by atoms with van der Waals surface area (Å²) in [6, 6.07) is 7.20. The second-order valence-electron chi connectivity index (χ2n) is 7.13. The Labute approximate surface area is 158 Å². The fraction of sp³-hybridized carbons (Fsp3) is 0.474. The van der Waals surface area contributed by atoms with Gasteiger partial charge >= 0.3 is 6.03 Å². The number of nitrogens with one attached hydrogen (secondary N) is 1. The summed E-state index contributed by atoms with van der Waals surface area (Å²) in [4.78, 5) is 32.9. The van der Waals surface area contributed by atoms with Gasteiger partial charge in [-0.2, -0.15) is 5.10 Å². The monoisotopic (exact) mass is 368 g/mol. The van der Waals surface area contributed by atoms with Crippen molar-refractivity contribution in [2.45, 2.75) is 31.7 Å². The summed E-state index contributed by atoms with van der Waals surface area (Å²) >= 11 is 0. The molecule has 3 amide bonds. The maximum absolute atomic E-state index is 12.7. The molecule has 8 heteroatoms. The van der Waals surface area contributed by atoms with Crippen molar-refractivity contribution in [3.05, 3.63) is 42.5 Å². The van der Waals surface area contributed by atoms with Crippen LogP contribution in [-0.2, 0) is 0 Å². The van der Waals surface area contributed by atoms with Gasteiger partial charge in [0.25, 0.3) is 5.91 Å². The van der Waals surface area contributed by atoms with Gasteiger partial charge in [-0.15, -0.1) is 0 Å². The van der Waals surface area contributed by atoms with Crippen LogP contribution in [0.15, 0.2) is 36.9 Å². The molecule has 0 aliphatic carbocycles. The van der Waals surface area contributed by atoms with Crippen LogP contribution in [0.4, 0.5) is 10.5 Å². The van der Waals surface area contributed by atoms with Gasteiger partial charge in [-0.1, -0.05) is 6.07 Å². The molecule has 2 fully saturated rings. The van der Waals surface area contributed by atoms with Gasteiger partial charge < -0.3 is 15.1 Å². The number of piperidine rings is 1. The summed E-state index contributed by atoms with van der Waals surface area (Å²) in [5, 5.41) is 7.13. The van der Waals surface area contributed by atoms with Gasteiger partial charge in [0, 0.05) is 37.4 Å². The smallest absolute Gasteiger partial charge is 0.321 e.